The fourth-order valence-electron chi connectivity index (χ4n) is 4.70. The predicted molar refractivity (Wildman–Crippen MR) is 119 cm³/mol. The lowest BCUT2D eigenvalue weighted by Gasteiger charge is -2.34. The number of hydrogen-bond acceptors (Lipinski definition) is 5. The van der Waals surface area contributed by atoms with Gasteiger partial charge < -0.3 is 19.8 Å². The van der Waals surface area contributed by atoms with E-state index in [1.165, 1.54) is 24.1 Å². The Balaban J connectivity index is 1.27. The maximum Gasteiger partial charge on any atom is 0.331 e. The number of rotatable bonds is 8. The molecule has 0 bridgehead atoms. The molecule has 4 rings (SSSR count). The van der Waals surface area contributed by atoms with Gasteiger partial charge in [0, 0.05) is 39.1 Å². The highest BCUT2D eigenvalue weighted by Crippen LogP contribution is 2.27. The van der Waals surface area contributed by atoms with Crippen LogP contribution in [0.1, 0.15) is 29.7 Å². The van der Waals surface area contributed by atoms with Gasteiger partial charge in [0.15, 0.2) is 0 Å². The van der Waals surface area contributed by atoms with Gasteiger partial charge in [-0.25, -0.2) is 4.79 Å². The van der Waals surface area contributed by atoms with E-state index in [-0.39, 0.29) is 11.6 Å². The molecule has 1 aromatic carbocycles. The van der Waals surface area contributed by atoms with Crippen LogP contribution in [-0.2, 0) is 19.5 Å². The molecule has 2 aromatic rings. The summed E-state index contributed by atoms with van der Waals surface area (Å²) in [7, 11) is 4.25. The summed E-state index contributed by atoms with van der Waals surface area (Å²) in [6, 6.07) is 8.18. The van der Waals surface area contributed by atoms with E-state index in [9.17, 15) is 9.90 Å². The van der Waals surface area contributed by atoms with Crippen LogP contribution in [0.2, 0.25) is 0 Å². The van der Waals surface area contributed by atoms with Gasteiger partial charge in [0.05, 0.1) is 12.2 Å². The van der Waals surface area contributed by atoms with Crippen molar-refractivity contribution in [2.24, 2.45) is 0 Å². The third-order valence-electron chi connectivity index (χ3n) is 6.51. The number of hydrogen-bond donors (Lipinski definition) is 1. The van der Waals surface area contributed by atoms with Crippen LogP contribution in [0.3, 0.4) is 0 Å². The second-order valence-corrected chi connectivity index (χ2v) is 8.93. The zero-order valence-corrected chi connectivity index (χ0v) is 18.4. The molecule has 0 saturated carbocycles. The first kappa shape index (κ1) is 21.2. The lowest BCUT2D eigenvalue weighted by atomic mass is 9.99. The molecule has 1 fully saturated rings. The summed E-state index contributed by atoms with van der Waals surface area (Å²) in [4.78, 5) is 20.1. The van der Waals surface area contributed by atoms with Crippen LogP contribution in [0.5, 0.6) is 5.88 Å². The summed E-state index contributed by atoms with van der Waals surface area (Å²) in [5, 5.41) is 10.7. The second kappa shape index (κ2) is 9.37. The van der Waals surface area contributed by atoms with Gasteiger partial charge in [-0.1, -0.05) is 24.3 Å². The first-order valence-corrected chi connectivity index (χ1v) is 11.2. The first-order chi connectivity index (χ1) is 14.5. The average Bonchev–Trinajstić information content (AvgIpc) is 2.97. The van der Waals surface area contributed by atoms with Gasteiger partial charge in [0.2, 0.25) is 5.88 Å². The maximum absolute atomic E-state index is 12.9. The quantitative estimate of drug-likeness (QED) is 0.603. The normalized spacial score (nSPS) is 17.3. The van der Waals surface area contributed by atoms with Crippen molar-refractivity contribution in [3.63, 3.8) is 0 Å². The number of imidazole rings is 1. The fourth-order valence-corrected chi connectivity index (χ4v) is 4.70. The minimum absolute atomic E-state index is 0.0808. The molecule has 2 aliphatic heterocycles. The molecule has 0 amide bonds. The Labute approximate surface area is 179 Å². The third-order valence-corrected chi connectivity index (χ3v) is 6.51. The zero-order valence-electron chi connectivity index (χ0n) is 18.4. The van der Waals surface area contributed by atoms with Crippen molar-refractivity contribution < 1.29 is 5.11 Å². The summed E-state index contributed by atoms with van der Waals surface area (Å²) in [5.41, 5.74) is 3.05. The van der Waals surface area contributed by atoms with Crippen molar-refractivity contribution in [1.82, 2.24) is 23.8 Å². The van der Waals surface area contributed by atoms with Crippen molar-refractivity contribution in [3.8, 4) is 5.88 Å². The lowest BCUT2D eigenvalue weighted by Crippen LogP contribution is -2.47. The molecule has 1 aromatic heterocycles. The summed E-state index contributed by atoms with van der Waals surface area (Å²) in [5.74, 6) is 0.153. The standard InChI is InChI=1S/C23H35N5O2/c1-24(2)9-5-10-25-13-15-26(16-14-25)11-6-12-27-22(29)21-17-19-7-3-4-8-20(19)18-28(21)23(27)30/h3-4,7-8,29H,5-6,9-18H2,1-2H3. The molecule has 0 radical (unpaired) electrons. The predicted octanol–water partition coefficient (Wildman–Crippen LogP) is 1.27. The van der Waals surface area contributed by atoms with Crippen LogP contribution in [0.15, 0.2) is 29.1 Å². The largest absolute Gasteiger partial charge is 0.493 e. The molecule has 30 heavy (non-hydrogen) atoms. The first-order valence-electron chi connectivity index (χ1n) is 11.2. The SMILES string of the molecule is CN(C)CCCN1CCN(CCCn2c(O)c3n(c2=O)Cc2ccccc2C3)CC1. The van der Waals surface area contributed by atoms with E-state index < -0.39 is 0 Å². The number of fused-ring (bicyclic) bond motifs is 2. The maximum atomic E-state index is 12.9. The lowest BCUT2D eigenvalue weighted by molar-refractivity contribution is 0.126. The Morgan fingerprint density at radius 3 is 2.23 bits per heavy atom. The van der Waals surface area contributed by atoms with Gasteiger partial charge in [-0.3, -0.25) is 9.13 Å². The molecule has 1 saturated heterocycles. The highest BCUT2D eigenvalue weighted by molar-refractivity contribution is 5.38. The number of nitrogens with zero attached hydrogens (tertiary/aromatic N) is 5. The summed E-state index contributed by atoms with van der Waals surface area (Å²) < 4.78 is 3.31. The molecular formula is C23H35N5O2. The highest BCUT2D eigenvalue weighted by atomic mass is 16.3. The minimum Gasteiger partial charge on any atom is -0.493 e. The Kier molecular flexibility index (Phi) is 6.61. The molecule has 0 unspecified atom stereocenters. The fraction of sp³-hybridized carbons (Fsp3) is 0.609. The molecule has 0 atom stereocenters. The van der Waals surface area contributed by atoms with Gasteiger partial charge in [-0.15, -0.1) is 0 Å². The van der Waals surface area contributed by atoms with Gasteiger partial charge in [-0.05, 0) is 57.7 Å². The van der Waals surface area contributed by atoms with Crippen molar-refractivity contribution in [1.29, 1.82) is 0 Å². The molecule has 0 aliphatic carbocycles. The van der Waals surface area contributed by atoms with Crippen molar-refractivity contribution in [2.45, 2.75) is 32.4 Å². The van der Waals surface area contributed by atoms with E-state index >= 15 is 0 Å². The average molecular weight is 414 g/mol. The topological polar surface area (TPSA) is 56.9 Å². The third kappa shape index (κ3) is 4.63. The molecular weight excluding hydrogens is 378 g/mol. The van der Waals surface area contributed by atoms with Gasteiger partial charge >= 0.3 is 5.69 Å². The Morgan fingerprint density at radius 1 is 0.933 bits per heavy atom. The van der Waals surface area contributed by atoms with Crippen LogP contribution >= 0.6 is 0 Å². The van der Waals surface area contributed by atoms with Crippen molar-refractivity contribution in [3.05, 3.63) is 51.6 Å². The molecule has 2 aliphatic rings. The smallest absolute Gasteiger partial charge is 0.331 e. The van der Waals surface area contributed by atoms with Crippen LogP contribution in [0.25, 0.3) is 0 Å². The summed E-state index contributed by atoms with van der Waals surface area (Å²) >= 11 is 0. The van der Waals surface area contributed by atoms with Crippen LogP contribution in [-0.4, -0.2) is 88.8 Å². The van der Waals surface area contributed by atoms with Crippen LogP contribution in [0, 0.1) is 0 Å². The van der Waals surface area contributed by atoms with Gasteiger partial charge in [0.25, 0.3) is 0 Å². The van der Waals surface area contributed by atoms with Gasteiger partial charge in [-0.2, -0.15) is 0 Å². The summed E-state index contributed by atoms with van der Waals surface area (Å²) in [6.07, 6.45) is 2.73. The van der Waals surface area contributed by atoms with E-state index in [4.69, 9.17) is 0 Å². The van der Waals surface area contributed by atoms with Crippen LogP contribution in [0.4, 0.5) is 0 Å². The molecule has 1 N–H and O–H groups in total. The van der Waals surface area contributed by atoms with Crippen molar-refractivity contribution >= 4 is 0 Å². The van der Waals surface area contributed by atoms with Crippen LogP contribution < -0.4 is 5.69 Å². The molecule has 7 nitrogen and oxygen atoms in total. The monoisotopic (exact) mass is 413 g/mol. The Morgan fingerprint density at radius 2 is 1.57 bits per heavy atom. The van der Waals surface area contributed by atoms with Gasteiger partial charge in [0.1, 0.15) is 0 Å². The van der Waals surface area contributed by atoms with E-state index in [0.717, 1.165) is 51.4 Å². The number of aromatic nitrogens is 2. The summed E-state index contributed by atoms with van der Waals surface area (Å²) in [6.45, 7) is 8.84. The van der Waals surface area contributed by atoms with E-state index in [1.54, 1.807) is 9.13 Å². The number of aromatic hydroxyl groups is 1. The molecule has 3 heterocycles. The van der Waals surface area contributed by atoms with E-state index in [1.807, 2.05) is 12.1 Å². The van der Waals surface area contributed by atoms with E-state index in [0.29, 0.717) is 19.5 Å². The molecule has 164 valence electrons. The van der Waals surface area contributed by atoms with E-state index in [2.05, 4.69) is 40.9 Å². The Bertz CT molecular complexity index is 909. The molecule has 0 spiro atoms. The number of piperazine rings is 1. The highest BCUT2D eigenvalue weighted by Gasteiger charge is 2.24. The molecule has 7 heteroatoms. The second-order valence-electron chi connectivity index (χ2n) is 8.93. The zero-order chi connectivity index (χ0) is 21.1. The van der Waals surface area contributed by atoms with Crippen molar-refractivity contribution in [2.75, 3.05) is 59.9 Å². The number of benzene rings is 1. The Hall–Kier alpha value is -2.09. The minimum atomic E-state index is -0.0808.